The number of hydrogen-bond donors (Lipinski definition) is 3. The smallest absolute Gasteiger partial charge is 0.244 e. The van der Waals surface area contributed by atoms with E-state index < -0.39 is 12.7 Å². The Bertz CT molecular complexity index is 504. The van der Waals surface area contributed by atoms with Crippen LogP contribution in [0.1, 0.15) is 5.56 Å². The van der Waals surface area contributed by atoms with Crippen LogP contribution in [0.2, 0.25) is 0 Å². The molecule has 0 aliphatic heterocycles. The van der Waals surface area contributed by atoms with Crippen molar-refractivity contribution >= 4 is 12.0 Å². The summed E-state index contributed by atoms with van der Waals surface area (Å²) in [7, 11) is 4.53. The van der Waals surface area contributed by atoms with E-state index in [1.54, 1.807) is 18.2 Å². The number of rotatable bonds is 8. The van der Waals surface area contributed by atoms with Crippen LogP contribution >= 0.6 is 0 Å². The molecule has 7 nitrogen and oxygen atoms in total. The first kappa shape index (κ1) is 17.8. The molecule has 0 bridgehead atoms. The third kappa shape index (κ3) is 4.94. The maximum atomic E-state index is 11.6. The third-order valence-corrected chi connectivity index (χ3v) is 2.84. The molecule has 0 aliphatic carbocycles. The second-order valence-corrected chi connectivity index (χ2v) is 4.37. The largest absolute Gasteiger partial charge is 0.493 e. The van der Waals surface area contributed by atoms with Crippen LogP contribution in [0.4, 0.5) is 0 Å². The maximum Gasteiger partial charge on any atom is 0.244 e. The second-order valence-electron chi connectivity index (χ2n) is 4.37. The summed E-state index contributed by atoms with van der Waals surface area (Å²) < 4.78 is 15.7. The van der Waals surface area contributed by atoms with Gasteiger partial charge in [-0.2, -0.15) is 0 Å². The minimum atomic E-state index is -0.974. The van der Waals surface area contributed by atoms with E-state index in [4.69, 9.17) is 24.4 Å². The summed E-state index contributed by atoms with van der Waals surface area (Å²) in [4.78, 5) is 11.6. The molecule has 1 aromatic carbocycles. The Morgan fingerprint density at radius 1 is 1.23 bits per heavy atom. The van der Waals surface area contributed by atoms with Gasteiger partial charge in [0.1, 0.15) is 0 Å². The Morgan fingerprint density at radius 3 is 2.27 bits per heavy atom. The van der Waals surface area contributed by atoms with Crippen LogP contribution < -0.4 is 19.5 Å². The Balaban J connectivity index is 2.84. The van der Waals surface area contributed by atoms with Gasteiger partial charge in [-0.05, 0) is 23.8 Å². The average molecular weight is 311 g/mol. The summed E-state index contributed by atoms with van der Waals surface area (Å²) in [6.07, 6.45) is 1.91. The first-order valence-corrected chi connectivity index (χ1v) is 6.60. The van der Waals surface area contributed by atoms with Gasteiger partial charge in [0.25, 0.3) is 0 Å². The molecule has 1 unspecified atom stereocenters. The predicted molar refractivity (Wildman–Crippen MR) is 81.2 cm³/mol. The van der Waals surface area contributed by atoms with Gasteiger partial charge in [-0.1, -0.05) is 0 Å². The lowest BCUT2D eigenvalue weighted by molar-refractivity contribution is -0.117. The molecule has 0 aromatic heterocycles. The van der Waals surface area contributed by atoms with Gasteiger partial charge in [0, 0.05) is 12.6 Å². The molecule has 1 aromatic rings. The van der Waals surface area contributed by atoms with Gasteiger partial charge in [0.2, 0.25) is 11.7 Å². The van der Waals surface area contributed by atoms with E-state index in [1.165, 1.54) is 27.4 Å². The van der Waals surface area contributed by atoms with Crippen molar-refractivity contribution in [3.63, 3.8) is 0 Å². The molecule has 0 aliphatic rings. The minimum Gasteiger partial charge on any atom is -0.493 e. The van der Waals surface area contributed by atoms with Crippen LogP contribution in [-0.2, 0) is 4.79 Å². The summed E-state index contributed by atoms with van der Waals surface area (Å²) in [5, 5.41) is 20.3. The van der Waals surface area contributed by atoms with E-state index in [9.17, 15) is 4.79 Å². The summed E-state index contributed by atoms with van der Waals surface area (Å²) >= 11 is 0. The molecule has 0 fully saturated rings. The van der Waals surface area contributed by atoms with Crippen LogP contribution in [0.15, 0.2) is 18.2 Å². The van der Waals surface area contributed by atoms with E-state index in [0.29, 0.717) is 22.8 Å². The number of aliphatic hydroxyl groups is 2. The van der Waals surface area contributed by atoms with Gasteiger partial charge < -0.3 is 29.7 Å². The molecule has 0 saturated carbocycles. The zero-order chi connectivity index (χ0) is 16.5. The highest BCUT2D eigenvalue weighted by Crippen LogP contribution is 2.38. The SMILES string of the molecule is COc1cc(/C=C/C(=O)NCC(O)CO)cc(OC)c1OC. The van der Waals surface area contributed by atoms with E-state index >= 15 is 0 Å². The fourth-order valence-corrected chi connectivity index (χ4v) is 1.71. The molecule has 122 valence electrons. The van der Waals surface area contributed by atoms with Gasteiger partial charge >= 0.3 is 0 Å². The molecule has 1 rings (SSSR count). The Hall–Kier alpha value is -2.25. The van der Waals surface area contributed by atoms with Crippen LogP contribution in [0.3, 0.4) is 0 Å². The summed E-state index contributed by atoms with van der Waals surface area (Å²) in [5.74, 6) is 1.05. The van der Waals surface area contributed by atoms with Crippen LogP contribution in [0.25, 0.3) is 6.08 Å². The van der Waals surface area contributed by atoms with Gasteiger partial charge in [0.05, 0.1) is 34.0 Å². The quantitative estimate of drug-likeness (QED) is 0.593. The fourth-order valence-electron chi connectivity index (χ4n) is 1.71. The van der Waals surface area contributed by atoms with Crippen LogP contribution in [0, 0.1) is 0 Å². The zero-order valence-electron chi connectivity index (χ0n) is 12.8. The summed E-state index contributed by atoms with van der Waals surface area (Å²) in [5.41, 5.74) is 0.687. The standard InChI is InChI=1S/C15H21NO6/c1-20-12-6-10(7-13(21-2)15(12)22-3)4-5-14(19)16-8-11(18)9-17/h4-7,11,17-18H,8-9H2,1-3H3,(H,16,19)/b5-4+. The van der Waals surface area contributed by atoms with Gasteiger partial charge in [-0.25, -0.2) is 0 Å². The fraction of sp³-hybridized carbons (Fsp3) is 0.400. The number of nitrogens with one attached hydrogen (secondary N) is 1. The number of amides is 1. The number of methoxy groups -OCH3 is 3. The molecule has 7 heteroatoms. The van der Waals surface area contributed by atoms with Crippen molar-refractivity contribution in [1.29, 1.82) is 0 Å². The summed E-state index contributed by atoms with van der Waals surface area (Å²) in [6, 6.07) is 3.40. The molecule has 0 spiro atoms. The van der Waals surface area contributed by atoms with Crippen molar-refractivity contribution in [3.8, 4) is 17.2 Å². The molecule has 0 saturated heterocycles. The number of hydrogen-bond acceptors (Lipinski definition) is 6. The first-order valence-electron chi connectivity index (χ1n) is 6.60. The number of carbonyl (C=O) groups is 1. The lowest BCUT2D eigenvalue weighted by atomic mass is 10.1. The number of benzene rings is 1. The van der Waals surface area contributed by atoms with Crippen molar-refractivity contribution in [2.45, 2.75) is 6.10 Å². The molecule has 3 N–H and O–H groups in total. The maximum absolute atomic E-state index is 11.6. The number of carbonyl (C=O) groups excluding carboxylic acids is 1. The Morgan fingerprint density at radius 2 is 1.82 bits per heavy atom. The third-order valence-electron chi connectivity index (χ3n) is 2.84. The Kier molecular flexibility index (Phi) is 7.21. The van der Waals surface area contributed by atoms with Gasteiger partial charge in [0.15, 0.2) is 11.5 Å². The molecule has 22 heavy (non-hydrogen) atoms. The number of aliphatic hydroxyl groups excluding tert-OH is 2. The lowest BCUT2D eigenvalue weighted by Gasteiger charge is -2.12. The van der Waals surface area contributed by atoms with Crippen molar-refractivity contribution in [1.82, 2.24) is 5.32 Å². The second kappa shape index (κ2) is 8.91. The highest BCUT2D eigenvalue weighted by Gasteiger charge is 2.12. The van der Waals surface area contributed by atoms with E-state index in [2.05, 4.69) is 5.32 Å². The zero-order valence-corrected chi connectivity index (χ0v) is 12.8. The van der Waals surface area contributed by atoms with E-state index in [1.807, 2.05) is 0 Å². The molecular weight excluding hydrogens is 290 g/mol. The van der Waals surface area contributed by atoms with Gasteiger partial charge in [-0.3, -0.25) is 4.79 Å². The van der Waals surface area contributed by atoms with E-state index in [-0.39, 0.29) is 12.5 Å². The predicted octanol–water partition coefficient (Wildman–Crippen LogP) is 0.195. The number of ether oxygens (including phenoxy) is 3. The van der Waals surface area contributed by atoms with Crippen molar-refractivity contribution in [2.75, 3.05) is 34.5 Å². The van der Waals surface area contributed by atoms with Crippen LogP contribution in [0.5, 0.6) is 17.2 Å². The molecular formula is C15H21NO6. The molecule has 1 amide bonds. The topological polar surface area (TPSA) is 97.3 Å². The normalized spacial score (nSPS) is 12.0. The summed E-state index contributed by atoms with van der Waals surface area (Å²) in [6.45, 7) is -0.425. The monoisotopic (exact) mass is 311 g/mol. The minimum absolute atomic E-state index is 0.0189. The van der Waals surface area contributed by atoms with Crippen LogP contribution in [-0.4, -0.2) is 56.7 Å². The Labute approximate surface area is 129 Å². The van der Waals surface area contributed by atoms with Gasteiger partial charge in [-0.15, -0.1) is 0 Å². The molecule has 1 atom stereocenters. The van der Waals surface area contributed by atoms with Crippen molar-refractivity contribution in [2.24, 2.45) is 0 Å². The molecule has 0 radical (unpaired) electrons. The van der Waals surface area contributed by atoms with E-state index in [0.717, 1.165) is 0 Å². The van der Waals surface area contributed by atoms with Crippen molar-refractivity contribution in [3.05, 3.63) is 23.8 Å². The van der Waals surface area contributed by atoms with Crippen molar-refractivity contribution < 1.29 is 29.2 Å². The highest BCUT2D eigenvalue weighted by atomic mass is 16.5. The highest BCUT2D eigenvalue weighted by molar-refractivity contribution is 5.91. The molecule has 0 heterocycles. The average Bonchev–Trinajstić information content (AvgIpc) is 2.56. The lowest BCUT2D eigenvalue weighted by Crippen LogP contribution is -2.32. The first-order chi connectivity index (χ1) is 10.5.